The molecule has 1 N–H and O–H groups in total. The number of anilines is 1. The molecule has 15 heteroatoms. The number of nitrogens with zero attached hydrogens (tertiary/aromatic N) is 5. The number of carbonyl (C=O) groups is 1. The fraction of sp³-hybridized carbons (Fsp3) is 0.216. The lowest BCUT2D eigenvalue weighted by molar-refractivity contribution is -0.0240. The molecule has 0 aliphatic carbocycles. The van der Waals surface area contributed by atoms with Crippen molar-refractivity contribution in [3.05, 3.63) is 95.7 Å². The number of alkyl halides is 1. The minimum atomic E-state index is -3.87. The Morgan fingerprint density at radius 3 is 2.44 bits per heavy atom. The molecule has 5 heterocycles. The highest BCUT2D eigenvalue weighted by atomic mass is 32.2. The van der Waals surface area contributed by atoms with E-state index in [0.717, 1.165) is 22.7 Å². The molecule has 266 valence electrons. The Hall–Kier alpha value is -5.54. The number of hydrogen-bond acceptors (Lipinski definition) is 7. The first-order valence-electron chi connectivity index (χ1n) is 16.2. The normalized spacial score (nSPS) is 14.8. The smallest absolute Gasteiger partial charge is 0.255 e. The second-order valence-corrected chi connectivity index (χ2v) is 15.3. The zero-order valence-corrected chi connectivity index (χ0v) is 29.1. The van der Waals surface area contributed by atoms with Crippen LogP contribution < -0.4 is 9.62 Å². The maximum Gasteiger partial charge on any atom is 0.255 e. The number of pyridine rings is 1. The molecule has 0 radical (unpaired) electrons. The van der Waals surface area contributed by atoms with Crippen molar-refractivity contribution in [2.24, 2.45) is 0 Å². The average Bonchev–Trinajstić information content (AvgIpc) is 3.65. The minimum absolute atomic E-state index is 0.0593. The number of rotatable bonds is 7. The van der Waals surface area contributed by atoms with Crippen LogP contribution in [-0.4, -0.2) is 72.7 Å². The summed E-state index contributed by atoms with van der Waals surface area (Å²) in [6, 6.07) is 13.9. The number of carbonyl (C=O) groups excluding carboxylic acids is 1. The first-order valence-corrected chi connectivity index (χ1v) is 18.0. The molecule has 1 aliphatic heterocycles. The number of fused-ring (bicyclic) bond motifs is 6. The second-order valence-electron chi connectivity index (χ2n) is 13.3. The van der Waals surface area contributed by atoms with Crippen LogP contribution in [0.5, 0.6) is 0 Å². The molecule has 7 aromatic rings. The van der Waals surface area contributed by atoms with Gasteiger partial charge in [0, 0.05) is 61.0 Å². The fourth-order valence-electron chi connectivity index (χ4n) is 7.04. The van der Waals surface area contributed by atoms with Crippen molar-refractivity contribution < 1.29 is 35.2 Å². The third-order valence-electron chi connectivity index (χ3n) is 9.48. The van der Waals surface area contributed by atoms with Crippen molar-refractivity contribution in [3.8, 4) is 22.6 Å². The average molecular weight is 731 g/mol. The standard InChI is InChI=1S/C37H30F4N6O4S/c1-37(41)17-46(18-37)16-33-44-28-15-43-27(12-23(28)31-13-21-25(39)6-5-7-29(21)47(31)33)22-11-24-32(14-30(22)45(3)52(4,49)50)51-35(34(24)36(48)42-2)20-9-8-19(38)10-26(20)40/h5-15H,16-18H2,1-4H3,(H,42,48). The van der Waals surface area contributed by atoms with Gasteiger partial charge in [0.25, 0.3) is 5.91 Å². The third-order valence-corrected chi connectivity index (χ3v) is 10.7. The Kier molecular flexibility index (Phi) is 7.59. The van der Waals surface area contributed by atoms with E-state index in [2.05, 4.69) is 10.3 Å². The number of halogens is 4. The molecule has 3 aromatic carbocycles. The van der Waals surface area contributed by atoms with Crippen molar-refractivity contribution in [1.29, 1.82) is 0 Å². The van der Waals surface area contributed by atoms with E-state index in [1.165, 1.54) is 45.4 Å². The van der Waals surface area contributed by atoms with Gasteiger partial charge in [0.1, 0.15) is 34.5 Å². The SMILES string of the molecule is CNC(=O)c1c(-c2ccc(F)cc2F)oc2cc(N(C)S(C)(=O)=O)c(-c3cc4c(cn3)nc(CN3CC(C)(F)C3)n3c5cccc(F)c5cc43)cc12. The van der Waals surface area contributed by atoms with Crippen molar-refractivity contribution in [2.75, 3.05) is 37.7 Å². The van der Waals surface area contributed by atoms with Crippen LogP contribution in [0.3, 0.4) is 0 Å². The Morgan fingerprint density at radius 1 is 0.981 bits per heavy atom. The summed E-state index contributed by atoms with van der Waals surface area (Å²) in [5, 5.41) is 3.65. The quantitative estimate of drug-likeness (QED) is 0.179. The summed E-state index contributed by atoms with van der Waals surface area (Å²) in [7, 11) is -1.14. The van der Waals surface area contributed by atoms with Gasteiger partial charge in [-0.15, -0.1) is 0 Å². The maximum absolute atomic E-state index is 15.2. The highest BCUT2D eigenvalue weighted by molar-refractivity contribution is 7.92. The lowest BCUT2D eigenvalue weighted by Crippen LogP contribution is -2.56. The number of nitrogens with one attached hydrogen (secondary N) is 1. The van der Waals surface area contributed by atoms with Crippen molar-refractivity contribution in [3.63, 3.8) is 0 Å². The number of amides is 1. The van der Waals surface area contributed by atoms with E-state index >= 15 is 8.78 Å². The number of hydrogen-bond donors (Lipinski definition) is 1. The Morgan fingerprint density at radius 2 is 1.75 bits per heavy atom. The van der Waals surface area contributed by atoms with Gasteiger partial charge < -0.3 is 9.73 Å². The van der Waals surface area contributed by atoms with Crippen LogP contribution in [-0.2, 0) is 16.6 Å². The molecule has 8 rings (SSSR count). The molecule has 0 spiro atoms. The zero-order valence-electron chi connectivity index (χ0n) is 28.3. The molecule has 1 fully saturated rings. The third kappa shape index (κ3) is 5.42. The summed E-state index contributed by atoms with van der Waals surface area (Å²) in [6.45, 7) is 2.28. The topological polar surface area (TPSA) is 113 Å². The predicted octanol–water partition coefficient (Wildman–Crippen LogP) is 6.83. The van der Waals surface area contributed by atoms with E-state index < -0.39 is 39.1 Å². The van der Waals surface area contributed by atoms with Crippen molar-refractivity contribution in [1.82, 2.24) is 24.6 Å². The van der Waals surface area contributed by atoms with Gasteiger partial charge in [-0.05, 0) is 49.4 Å². The molecule has 0 unspecified atom stereocenters. The summed E-state index contributed by atoms with van der Waals surface area (Å²) >= 11 is 0. The van der Waals surface area contributed by atoms with Crippen molar-refractivity contribution >= 4 is 59.9 Å². The Labute approximate surface area is 294 Å². The number of sulfonamides is 1. The number of furan rings is 1. The number of benzene rings is 3. The molecule has 1 saturated heterocycles. The van der Waals surface area contributed by atoms with E-state index in [1.54, 1.807) is 24.3 Å². The first-order chi connectivity index (χ1) is 24.6. The Bertz CT molecular complexity index is 2750. The lowest BCUT2D eigenvalue weighted by Gasteiger charge is -2.42. The van der Waals surface area contributed by atoms with Gasteiger partial charge in [-0.1, -0.05) is 6.07 Å². The monoisotopic (exact) mass is 730 g/mol. The maximum atomic E-state index is 15.2. The van der Waals surface area contributed by atoms with E-state index in [0.29, 0.717) is 45.8 Å². The summed E-state index contributed by atoms with van der Waals surface area (Å²) in [5.74, 6) is -2.48. The van der Waals surface area contributed by atoms with E-state index in [9.17, 15) is 22.0 Å². The molecule has 0 atom stereocenters. The van der Waals surface area contributed by atoms with Gasteiger partial charge in [0.2, 0.25) is 10.0 Å². The highest BCUT2D eigenvalue weighted by Gasteiger charge is 2.39. The van der Waals surface area contributed by atoms with Crippen LogP contribution in [0.4, 0.5) is 23.2 Å². The van der Waals surface area contributed by atoms with Gasteiger partial charge >= 0.3 is 0 Å². The van der Waals surface area contributed by atoms with Gasteiger partial charge in [0.15, 0.2) is 5.76 Å². The van der Waals surface area contributed by atoms with Crippen LogP contribution in [0, 0.1) is 17.5 Å². The fourth-order valence-corrected chi connectivity index (χ4v) is 7.55. The highest BCUT2D eigenvalue weighted by Crippen LogP contribution is 2.42. The van der Waals surface area contributed by atoms with E-state index in [1.807, 2.05) is 9.30 Å². The number of aromatic nitrogens is 3. The first kappa shape index (κ1) is 33.6. The molecular weight excluding hydrogens is 701 g/mol. The van der Waals surface area contributed by atoms with Gasteiger partial charge in [0.05, 0.1) is 58.1 Å². The van der Waals surface area contributed by atoms with Crippen LogP contribution in [0.2, 0.25) is 0 Å². The molecule has 4 aromatic heterocycles. The molecule has 0 bridgehead atoms. The largest absolute Gasteiger partial charge is 0.455 e. The van der Waals surface area contributed by atoms with Crippen LogP contribution in [0.1, 0.15) is 23.1 Å². The van der Waals surface area contributed by atoms with Gasteiger partial charge in [-0.2, -0.15) is 0 Å². The van der Waals surface area contributed by atoms with Crippen molar-refractivity contribution in [2.45, 2.75) is 19.1 Å². The summed E-state index contributed by atoms with van der Waals surface area (Å²) in [4.78, 5) is 24.8. The zero-order chi connectivity index (χ0) is 36.9. The number of likely N-dealkylation sites (tertiary alicyclic amines) is 1. The minimum Gasteiger partial charge on any atom is -0.455 e. The summed E-state index contributed by atoms with van der Waals surface area (Å²) in [6.07, 6.45) is 2.53. The van der Waals surface area contributed by atoms with Gasteiger partial charge in [-0.25, -0.2) is 31.0 Å². The molecule has 0 saturated carbocycles. The lowest BCUT2D eigenvalue weighted by atomic mass is 9.99. The van der Waals surface area contributed by atoms with Gasteiger partial charge in [-0.3, -0.25) is 23.4 Å². The summed E-state index contributed by atoms with van der Waals surface area (Å²) in [5.41, 5.74) is 0.805. The second kappa shape index (κ2) is 11.7. The predicted molar refractivity (Wildman–Crippen MR) is 190 cm³/mol. The molecule has 52 heavy (non-hydrogen) atoms. The molecular formula is C37H30F4N6O4S. The van der Waals surface area contributed by atoms with Crippen LogP contribution in [0.25, 0.3) is 60.9 Å². The molecule has 10 nitrogen and oxygen atoms in total. The Balaban J connectivity index is 1.39. The molecule has 1 aliphatic rings. The summed E-state index contributed by atoms with van der Waals surface area (Å²) < 4.78 is 93.3. The van der Waals surface area contributed by atoms with Crippen LogP contribution >= 0.6 is 0 Å². The van der Waals surface area contributed by atoms with E-state index in [-0.39, 0.29) is 57.9 Å². The molecule has 1 amide bonds. The van der Waals surface area contributed by atoms with Crippen LogP contribution in [0.15, 0.2) is 71.3 Å². The van der Waals surface area contributed by atoms with E-state index in [4.69, 9.17) is 9.40 Å².